The highest BCUT2D eigenvalue weighted by molar-refractivity contribution is 5.97. The van der Waals surface area contributed by atoms with Gasteiger partial charge < -0.3 is 5.32 Å². The predicted molar refractivity (Wildman–Crippen MR) is 77.7 cm³/mol. The zero-order valence-corrected chi connectivity index (χ0v) is 12.2. The third-order valence-electron chi connectivity index (χ3n) is 3.24. The van der Waals surface area contributed by atoms with E-state index >= 15 is 0 Å². The quantitative estimate of drug-likeness (QED) is 0.819. The summed E-state index contributed by atoms with van der Waals surface area (Å²) in [5.74, 6) is 0.847. The normalized spacial score (nSPS) is 10.6. The Morgan fingerprint density at radius 2 is 1.95 bits per heavy atom. The first-order valence-corrected chi connectivity index (χ1v) is 6.78. The summed E-state index contributed by atoms with van der Waals surface area (Å²) in [7, 11) is 0. The molecule has 0 radical (unpaired) electrons. The summed E-state index contributed by atoms with van der Waals surface area (Å²) in [4.78, 5) is 16.3. The van der Waals surface area contributed by atoms with Gasteiger partial charge in [0.05, 0.1) is 0 Å². The molecule has 0 fully saturated rings. The van der Waals surface area contributed by atoms with Crippen molar-refractivity contribution in [2.24, 2.45) is 0 Å². The number of nitrogens with one attached hydrogen (secondary N) is 2. The van der Waals surface area contributed by atoms with E-state index in [2.05, 4.69) is 20.5 Å². The van der Waals surface area contributed by atoms with Gasteiger partial charge in [-0.3, -0.25) is 9.89 Å². The largest absolute Gasteiger partial charge is 0.352 e. The van der Waals surface area contributed by atoms with E-state index in [-0.39, 0.29) is 5.91 Å². The van der Waals surface area contributed by atoms with Crippen LogP contribution < -0.4 is 5.32 Å². The van der Waals surface area contributed by atoms with Gasteiger partial charge >= 0.3 is 0 Å². The molecule has 0 aliphatic heterocycles. The van der Waals surface area contributed by atoms with Crippen LogP contribution in [0.25, 0.3) is 0 Å². The average Bonchev–Trinajstić information content (AvgIpc) is 2.86. The Labute approximate surface area is 118 Å². The van der Waals surface area contributed by atoms with Crippen LogP contribution in [0, 0.1) is 20.8 Å². The van der Waals surface area contributed by atoms with Crippen molar-refractivity contribution < 1.29 is 4.79 Å². The summed E-state index contributed by atoms with van der Waals surface area (Å²) in [6.07, 6.45) is 3.12. The number of benzene rings is 1. The Balaban J connectivity index is 1.89. The first kappa shape index (κ1) is 14.2. The Bertz CT molecular complexity index is 567. The number of carbonyl (C=O) groups is 1. The van der Waals surface area contributed by atoms with Gasteiger partial charge in [-0.25, -0.2) is 4.98 Å². The Kier molecular flexibility index (Phi) is 4.50. The Hall–Kier alpha value is -2.17. The molecule has 2 aromatic rings. The lowest BCUT2D eigenvalue weighted by molar-refractivity contribution is 0.0952. The zero-order valence-electron chi connectivity index (χ0n) is 12.2. The molecular formula is C15H20N4O. The van der Waals surface area contributed by atoms with E-state index in [9.17, 15) is 4.79 Å². The van der Waals surface area contributed by atoms with Crippen LogP contribution in [0.2, 0.25) is 0 Å². The maximum absolute atomic E-state index is 12.2. The molecule has 0 saturated carbocycles. The molecular weight excluding hydrogens is 252 g/mol. The molecule has 1 aromatic carbocycles. The molecule has 0 unspecified atom stereocenters. The molecule has 1 heterocycles. The fourth-order valence-electron chi connectivity index (χ4n) is 2.44. The number of carbonyl (C=O) groups excluding carboxylic acids is 1. The third-order valence-corrected chi connectivity index (χ3v) is 3.24. The second kappa shape index (κ2) is 6.32. The standard InChI is InChI=1S/C15H20N4O/c1-10-7-11(2)14(12(3)8-10)15(20)16-6-4-5-13-17-9-18-19-13/h7-9H,4-6H2,1-3H3,(H,16,20)(H,17,18,19). The number of aryl methyl sites for hydroxylation is 4. The van der Waals surface area contributed by atoms with E-state index in [1.54, 1.807) is 0 Å². The molecule has 0 aliphatic rings. The molecule has 0 atom stereocenters. The molecule has 0 aliphatic carbocycles. The maximum atomic E-state index is 12.2. The smallest absolute Gasteiger partial charge is 0.251 e. The molecule has 1 amide bonds. The molecule has 0 spiro atoms. The number of nitrogens with zero attached hydrogens (tertiary/aromatic N) is 2. The summed E-state index contributed by atoms with van der Waals surface area (Å²) >= 11 is 0. The molecule has 5 nitrogen and oxygen atoms in total. The van der Waals surface area contributed by atoms with Crippen LogP contribution in [0.5, 0.6) is 0 Å². The summed E-state index contributed by atoms with van der Waals surface area (Å²) < 4.78 is 0. The molecule has 1 aromatic heterocycles. The molecule has 0 saturated heterocycles. The highest BCUT2D eigenvalue weighted by Crippen LogP contribution is 2.16. The third kappa shape index (κ3) is 3.44. The number of H-pyrrole nitrogens is 1. The van der Waals surface area contributed by atoms with E-state index < -0.39 is 0 Å². The van der Waals surface area contributed by atoms with Gasteiger partial charge in [0.15, 0.2) is 0 Å². The van der Waals surface area contributed by atoms with E-state index in [0.717, 1.165) is 35.4 Å². The topological polar surface area (TPSA) is 70.7 Å². The van der Waals surface area contributed by atoms with E-state index in [4.69, 9.17) is 0 Å². The predicted octanol–water partition coefficient (Wildman–Crippen LogP) is 2.09. The number of amides is 1. The number of hydrogen-bond acceptors (Lipinski definition) is 3. The minimum Gasteiger partial charge on any atom is -0.352 e. The molecule has 106 valence electrons. The fourth-order valence-corrected chi connectivity index (χ4v) is 2.44. The highest BCUT2D eigenvalue weighted by atomic mass is 16.1. The van der Waals surface area contributed by atoms with Gasteiger partial charge in [-0.05, 0) is 38.3 Å². The van der Waals surface area contributed by atoms with Crippen molar-refractivity contribution in [3.05, 3.63) is 46.5 Å². The van der Waals surface area contributed by atoms with Crippen LogP contribution in [-0.4, -0.2) is 27.6 Å². The van der Waals surface area contributed by atoms with Crippen molar-refractivity contribution in [2.75, 3.05) is 6.54 Å². The number of aromatic amines is 1. The summed E-state index contributed by atoms with van der Waals surface area (Å²) in [6, 6.07) is 4.08. The lowest BCUT2D eigenvalue weighted by Crippen LogP contribution is -2.26. The van der Waals surface area contributed by atoms with Crippen LogP contribution >= 0.6 is 0 Å². The monoisotopic (exact) mass is 272 g/mol. The van der Waals surface area contributed by atoms with Gasteiger partial charge in [0.1, 0.15) is 12.2 Å². The number of rotatable bonds is 5. The van der Waals surface area contributed by atoms with Crippen molar-refractivity contribution >= 4 is 5.91 Å². The van der Waals surface area contributed by atoms with Gasteiger partial charge in [0, 0.05) is 18.5 Å². The van der Waals surface area contributed by atoms with Crippen LogP contribution in [0.15, 0.2) is 18.5 Å². The van der Waals surface area contributed by atoms with Gasteiger partial charge in [-0.1, -0.05) is 17.7 Å². The summed E-state index contributed by atoms with van der Waals surface area (Å²) in [5.41, 5.74) is 4.02. The maximum Gasteiger partial charge on any atom is 0.251 e. The van der Waals surface area contributed by atoms with Crippen LogP contribution in [0.3, 0.4) is 0 Å². The minimum absolute atomic E-state index is 0.00225. The molecule has 2 N–H and O–H groups in total. The lowest BCUT2D eigenvalue weighted by atomic mass is 9.99. The molecule has 5 heteroatoms. The van der Waals surface area contributed by atoms with Crippen molar-refractivity contribution in [2.45, 2.75) is 33.6 Å². The van der Waals surface area contributed by atoms with E-state index in [1.807, 2.05) is 32.9 Å². The molecule has 2 rings (SSSR count). The fraction of sp³-hybridized carbons (Fsp3) is 0.400. The van der Waals surface area contributed by atoms with Gasteiger partial charge in [0.2, 0.25) is 0 Å². The minimum atomic E-state index is -0.00225. The number of hydrogen-bond donors (Lipinski definition) is 2. The summed E-state index contributed by atoms with van der Waals surface area (Å²) in [5, 5.41) is 9.56. The average molecular weight is 272 g/mol. The number of aromatic nitrogens is 3. The van der Waals surface area contributed by atoms with Crippen molar-refractivity contribution in [1.29, 1.82) is 0 Å². The Morgan fingerprint density at radius 3 is 2.55 bits per heavy atom. The zero-order chi connectivity index (χ0) is 14.5. The van der Waals surface area contributed by atoms with Gasteiger partial charge in [-0.2, -0.15) is 5.10 Å². The lowest BCUT2D eigenvalue weighted by Gasteiger charge is -2.11. The van der Waals surface area contributed by atoms with Crippen LogP contribution in [0.4, 0.5) is 0 Å². The first-order valence-electron chi connectivity index (χ1n) is 6.78. The highest BCUT2D eigenvalue weighted by Gasteiger charge is 2.12. The second-order valence-corrected chi connectivity index (χ2v) is 5.07. The van der Waals surface area contributed by atoms with Crippen molar-refractivity contribution in [3.63, 3.8) is 0 Å². The second-order valence-electron chi connectivity index (χ2n) is 5.07. The Morgan fingerprint density at radius 1 is 1.25 bits per heavy atom. The first-order chi connectivity index (χ1) is 9.58. The molecule has 20 heavy (non-hydrogen) atoms. The van der Waals surface area contributed by atoms with E-state index in [1.165, 1.54) is 11.9 Å². The SMILES string of the molecule is Cc1cc(C)c(C(=O)NCCCc2ncn[nH]2)c(C)c1. The van der Waals surface area contributed by atoms with E-state index in [0.29, 0.717) is 6.54 Å². The van der Waals surface area contributed by atoms with Crippen LogP contribution in [-0.2, 0) is 6.42 Å². The van der Waals surface area contributed by atoms with Crippen molar-refractivity contribution in [1.82, 2.24) is 20.5 Å². The van der Waals surface area contributed by atoms with Crippen molar-refractivity contribution in [3.8, 4) is 0 Å². The van der Waals surface area contributed by atoms with Gasteiger partial charge in [0.25, 0.3) is 5.91 Å². The molecule has 0 bridgehead atoms. The summed E-state index contributed by atoms with van der Waals surface area (Å²) in [6.45, 7) is 6.62. The van der Waals surface area contributed by atoms with Crippen LogP contribution in [0.1, 0.15) is 39.3 Å². The van der Waals surface area contributed by atoms with Gasteiger partial charge in [-0.15, -0.1) is 0 Å².